The fourth-order valence-electron chi connectivity index (χ4n) is 3.04. The Kier molecular flexibility index (Phi) is 7.14. The average Bonchev–Trinajstić information content (AvgIpc) is 2.71. The Hall–Kier alpha value is -2.28. The summed E-state index contributed by atoms with van der Waals surface area (Å²) in [4.78, 5) is 16.6. The number of carbonyl (C=O) groups excluding carboxylic acids is 1. The number of carbonyl (C=O) groups is 1. The molecule has 0 atom stereocenters. The van der Waals surface area contributed by atoms with Crippen molar-refractivity contribution in [3.05, 3.63) is 58.1 Å². The molecule has 0 saturated carbocycles. The molecule has 6 nitrogen and oxygen atoms in total. The van der Waals surface area contributed by atoms with Crippen LogP contribution < -0.4 is 10.3 Å². The Balaban J connectivity index is 1.41. The monoisotopic (exact) mass is 420 g/mol. The number of phenols is 1. The van der Waals surface area contributed by atoms with Gasteiger partial charge in [-0.1, -0.05) is 41.4 Å². The standard InChI is InChI=1S/C20H22Cl2N4O2/c21-16-12-15(20(28)18(22)13-16)14-23-24-19(27)6-7-25-8-10-26(11-9-25)17-4-2-1-3-5-17/h1-5,12-14,28H,6-11H2,(H,24,27)/b23-14+. The maximum Gasteiger partial charge on any atom is 0.241 e. The molecule has 8 heteroatoms. The van der Waals surface area contributed by atoms with Gasteiger partial charge in [0.15, 0.2) is 0 Å². The molecule has 0 spiro atoms. The van der Waals surface area contributed by atoms with Gasteiger partial charge in [0, 0.05) is 55.4 Å². The van der Waals surface area contributed by atoms with Crippen molar-refractivity contribution in [2.75, 3.05) is 37.6 Å². The molecule has 0 aliphatic carbocycles. The van der Waals surface area contributed by atoms with Gasteiger partial charge in [0.1, 0.15) is 5.75 Å². The third kappa shape index (κ3) is 5.61. The lowest BCUT2D eigenvalue weighted by Gasteiger charge is -2.36. The van der Waals surface area contributed by atoms with E-state index in [1.807, 2.05) is 18.2 Å². The summed E-state index contributed by atoms with van der Waals surface area (Å²) in [5, 5.41) is 14.2. The molecule has 2 aromatic rings. The van der Waals surface area contributed by atoms with Crippen molar-refractivity contribution in [3.8, 4) is 5.75 Å². The maximum atomic E-state index is 12.0. The Labute approximate surface area is 174 Å². The van der Waals surface area contributed by atoms with Gasteiger partial charge in [-0.25, -0.2) is 5.43 Å². The highest BCUT2D eigenvalue weighted by atomic mass is 35.5. The third-order valence-electron chi connectivity index (χ3n) is 4.60. The Morgan fingerprint density at radius 1 is 1.14 bits per heavy atom. The molecule has 0 aromatic heterocycles. The van der Waals surface area contributed by atoms with Gasteiger partial charge in [-0.3, -0.25) is 9.69 Å². The molecule has 1 aliphatic rings. The van der Waals surface area contributed by atoms with Crippen LogP contribution in [0.5, 0.6) is 5.75 Å². The number of hydrazone groups is 1. The third-order valence-corrected chi connectivity index (χ3v) is 5.11. The first-order valence-electron chi connectivity index (χ1n) is 9.05. The van der Waals surface area contributed by atoms with Crippen LogP contribution in [0.15, 0.2) is 47.6 Å². The first-order chi connectivity index (χ1) is 13.5. The highest BCUT2D eigenvalue weighted by molar-refractivity contribution is 6.36. The second kappa shape index (κ2) is 9.78. The Bertz CT molecular complexity index is 838. The molecule has 0 bridgehead atoms. The highest BCUT2D eigenvalue weighted by Gasteiger charge is 2.17. The van der Waals surface area contributed by atoms with Gasteiger partial charge in [0.05, 0.1) is 11.2 Å². The summed E-state index contributed by atoms with van der Waals surface area (Å²) in [5.74, 6) is -0.310. The van der Waals surface area contributed by atoms with E-state index < -0.39 is 0 Å². The number of aromatic hydroxyl groups is 1. The highest BCUT2D eigenvalue weighted by Crippen LogP contribution is 2.29. The van der Waals surface area contributed by atoms with Crippen LogP contribution in [0.25, 0.3) is 0 Å². The number of piperazine rings is 1. The van der Waals surface area contributed by atoms with Crippen LogP contribution in [0, 0.1) is 0 Å². The second-order valence-corrected chi connectivity index (χ2v) is 7.38. The van der Waals surface area contributed by atoms with Gasteiger partial charge in [-0.15, -0.1) is 0 Å². The molecular weight excluding hydrogens is 399 g/mol. The van der Waals surface area contributed by atoms with Gasteiger partial charge >= 0.3 is 0 Å². The van der Waals surface area contributed by atoms with Gasteiger partial charge in [0.2, 0.25) is 5.91 Å². The molecule has 0 unspecified atom stereocenters. The summed E-state index contributed by atoms with van der Waals surface area (Å²) in [5.41, 5.74) is 4.04. The van der Waals surface area contributed by atoms with Gasteiger partial charge in [0.25, 0.3) is 0 Å². The number of nitrogens with one attached hydrogen (secondary N) is 1. The van der Waals surface area contributed by atoms with E-state index in [2.05, 4.69) is 32.5 Å². The molecule has 2 aromatic carbocycles. The number of nitrogens with zero attached hydrogens (tertiary/aromatic N) is 3. The normalized spacial score (nSPS) is 15.1. The minimum Gasteiger partial charge on any atom is -0.506 e. The average molecular weight is 421 g/mol. The number of rotatable bonds is 6. The van der Waals surface area contributed by atoms with Crippen molar-refractivity contribution in [1.29, 1.82) is 0 Å². The van der Waals surface area contributed by atoms with E-state index >= 15 is 0 Å². The summed E-state index contributed by atoms with van der Waals surface area (Å²) in [6, 6.07) is 13.3. The fraction of sp³-hybridized carbons (Fsp3) is 0.300. The van der Waals surface area contributed by atoms with E-state index in [9.17, 15) is 9.90 Å². The van der Waals surface area contributed by atoms with Crippen LogP contribution in [-0.4, -0.2) is 54.9 Å². The first kappa shape index (κ1) is 20.5. The Morgan fingerprint density at radius 2 is 1.86 bits per heavy atom. The Morgan fingerprint density at radius 3 is 2.57 bits per heavy atom. The van der Waals surface area contributed by atoms with Crippen LogP contribution in [0.4, 0.5) is 5.69 Å². The largest absolute Gasteiger partial charge is 0.506 e. The lowest BCUT2D eigenvalue weighted by molar-refractivity contribution is -0.121. The molecular formula is C20H22Cl2N4O2. The molecule has 1 saturated heterocycles. The van der Waals surface area contributed by atoms with E-state index in [-0.39, 0.29) is 16.7 Å². The second-order valence-electron chi connectivity index (χ2n) is 6.53. The summed E-state index contributed by atoms with van der Waals surface area (Å²) in [6.45, 7) is 4.40. The van der Waals surface area contributed by atoms with Crippen molar-refractivity contribution in [2.45, 2.75) is 6.42 Å². The molecule has 1 fully saturated rings. The lowest BCUT2D eigenvalue weighted by Crippen LogP contribution is -2.47. The number of amides is 1. The van der Waals surface area contributed by atoms with Crippen molar-refractivity contribution in [3.63, 3.8) is 0 Å². The van der Waals surface area contributed by atoms with Crippen LogP contribution in [-0.2, 0) is 4.79 Å². The fourth-order valence-corrected chi connectivity index (χ4v) is 3.55. The minimum atomic E-state index is -0.186. The van der Waals surface area contributed by atoms with Gasteiger partial charge in [-0.2, -0.15) is 5.10 Å². The summed E-state index contributed by atoms with van der Waals surface area (Å²) in [7, 11) is 0. The molecule has 0 radical (unpaired) electrons. The summed E-state index contributed by atoms with van der Waals surface area (Å²) >= 11 is 11.7. The van der Waals surface area contributed by atoms with E-state index in [0.717, 1.165) is 26.2 Å². The summed E-state index contributed by atoms with van der Waals surface area (Å²) in [6.07, 6.45) is 1.68. The van der Waals surface area contributed by atoms with E-state index in [1.54, 1.807) is 0 Å². The minimum absolute atomic E-state index is 0.125. The van der Waals surface area contributed by atoms with Gasteiger partial charge in [-0.05, 0) is 24.3 Å². The molecule has 1 amide bonds. The number of hydrogen-bond acceptors (Lipinski definition) is 5. The number of benzene rings is 2. The molecule has 1 heterocycles. The molecule has 148 valence electrons. The number of halogens is 2. The quantitative estimate of drug-likeness (QED) is 0.555. The van der Waals surface area contributed by atoms with Crippen molar-refractivity contribution < 1.29 is 9.90 Å². The van der Waals surface area contributed by atoms with Crippen LogP contribution >= 0.6 is 23.2 Å². The van der Waals surface area contributed by atoms with E-state index in [1.165, 1.54) is 24.0 Å². The zero-order chi connectivity index (χ0) is 19.9. The number of para-hydroxylation sites is 1. The van der Waals surface area contributed by atoms with Crippen molar-refractivity contribution >= 4 is 41.0 Å². The lowest BCUT2D eigenvalue weighted by atomic mass is 10.2. The zero-order valence-electron chi connectivity index (χ0n) is 15.3. The van der Waals surface area contributed by atoms with Crippen molar-refractivity contribution in [2.24, 2.45) is 5.10 Å². The molecule has 28 heavy (non-hydrogen) atoms. The maximum absolute atomic E-state index is 12.0. The number of phenolic OH excluding ortho intramolecular Hbond substituents is 1. The smallest absolute Gasteiger partial charge is 0.241 e. The van der Waals surface area contributed by atoms with Crippen LogP contribution in [0.2, 0.25) is 10.0 Å². The van der Waals surface area contributed by atoms with Crippen LogP contribution in [0.1, 0.15) is 12.0 Å². The molecule has 2 N–H and O–H groups in total. The van der Waals surface area contributed by atoms with Crippen molar-refractivity contribution in [1.82, 2.24) is 10.3 Å². The predicted octanol–water partition coefficient (Wildman–Crippen LogP) is 3.36. The van der Waals surface area contributed by atoms with Crippen LogP contribution in [0.3, 0.4) is 0 Å². The number of anilines is 1. The SMILES string of the molecule is O=C(CCN1CCN(c2ccccc2)CC1)N/N=C/c1cc(Cl)cc(Cl)c1O. The first-order valence-corrected chi connectivity index (χ1v) is 9.81. The predicted molar refractivity (Wildman–Crippen MR) is 114 cm³/mol. The zero-order valence-corrected chi connectivity index (χ0v) is 16.8. The number of hydrogen-bond donors (Lipinski definition) is 2. The molecule has 1 aliphatic heterocycles. The van der Waals surface area contributed by atoms with E-state index in [4.69, 9.17) is 23.2 Å². The molecule has 3 rings (SSSR count). The summed E-state index contributed by atoms with van der Waals surface area (Å²) < 4.78 is 0. The van der Waals surface area contributed by atoms with E-state index in [0.29, 0.717) is 23.6 Å². The van der Waals surface area contributed by atoms with Gasteiger partial charge < -0.3 is 10.0 Å². The topological polar surface area (TPSA) is 68.2 Å².